The highest BCUT2D eigenvalue weighted by molar-refractivity contribution is 7.16. The summed E-state index contributed by atoms with van der Waals surface area (Å²) in [7, 11) is 4.05. The summed E-state index contributed by atoms with van der Waals surface area (Å²) in [5.74, 6) is 0.542. The van der Waals surface area contributed by atoms with Gasteiger partial charge in [0, 0.05) is 11.4 Å². The lowest BCUT2D eigenvalue weighted by Gasteiger charge is -2.11. The molecule has 0 amide bonds. The van der Waals surface area contributed by atoms with Crippen molar-refractivity contribution in [1.29, 1.82) is 0 Å². The molecule has 0 unspecified atom stereocenters. The average Bonchev–Trinajstić information content (AvgIpc) is 2.86. The molecule has 0 bridgehead atoms. The number of likely N-dealkylation sites (N-methyl/N-ethyl adjacent to an activating group) is 1. The van der Waals surface area contributed by atoms with Crippen molar-refractivity contribution in [3.63, 3.8) is 0 Å². The second-order valence-electron chi connectivity index (χ2n) is 5.78. The molecule has 2 heterocycles. The number of thiophene rings is 1. The Hall–Kier alpha value is -1.92. The van der Waals surface area contributed by atoms with E-state index >= 15 is 0 Å². The summed E-state index contributed by atoms with van der Waals surface area (Å²) in [6, 6.07) is 6.89. The molecular weight excluding hydrogens is 311 g/mol. The summed E-state index contributed by atoms with van der Waals surface area (Å²) < 4.78 is 13.6. The molecule has 0 fully saturated rings. The van der Waals surface area contributed by atoms with Crippen LogP contribution in [0.3, 0.4) is 0 Å². The van der Waals surface area contributed by atoms with Crippen LogP contribution in [0.15, 0.2) is 29.3 Å². The lowest BCUT2D eigenvalue weighted by molar-refractivity contribution is 0.420. The van der Waals surface area contributed by atoms with Gasteiger partial charge in [-0.2, -0.15) is 0 Å². The Kier molecular flexibility index (Phi) is 4.63. The zero-order valence-electron chi connectivity index (χ0n) is 13.6. The zero-order valence-corrected chi connectivity index (χ0v) is 14.4. The number of anilines is 3. The fourth-order valence-electron chi connectivity index (χ4n) is 2.42. The quantitative estimate of drug-likeness (QED) is 0.891. The topological polar surface area (TPSA) is 39.7 Å². The Morgan fingerprint density at radius 3 is 2.74 bits per heavy atom. The summed E-state index contributed by atoms with van der Waals surface area (Å²) in [5.41, 5.74) is 2.65. The predicted molar refractivity (Wildman–Crippen MR) is 97.0 cm³/mol. The molecule has 1 aliphatic heterocycles. The first kappa shape index (κ1) is 16.0. The van der Waals surface area contributed by atoms with Gasteiger partial charge in [-0.05, 0) is 44.8 Å². The molecule has 0 aliphatic carbocycles. The normalized spacial score (nSPS) is 14.9. The third-order valence-corrected chi connectivity index (χ3v) is 4.88. The van der Waals surface area contributed by atoms with E-state index in [4.69, 9.17) is 4.99 Å². The Morgan fingerprint density at radius 1 is 1.17 bits per heavy atom. The van der Waals surface area contributed by atoms with Crippen molar-refractivity contribution in [2.45, 2.75) is 13.3 Å². The first-order valence-electron chi connectivity index (χ1n) is 7.72. The van der Waals surface area contributed by atoms with Crippen LogP contribution >= 0.6 is 11.3 Å². The SMILES string of the molecule is CCc1cc2c(s1)Nc1ccc(F)cc1NC2=NCCN(C)C. The molecule has 4 nitrogen and oxygen atoms in total. The Bertz CT molecular complexity index is 736. The van der Waals surface area contributed by atoms with Gasteiger partial charge in [-0.3, -0.25) is 4.99 Å². The van der Waals surface area contributed by atoms with E-state index in [1.807, 2.05) is 14.1 Å². The number of rotatable bonds is 4. The summed E-state index contributed by atoms with van der Waals surface area (Å²) in [6.45, 7) is 3.70. The second kappa shape index (κ2) is 6.68. The maximum Gasteiger partial charge on any atom is 0.135 e. The monoisotopic (exact) mass is 332 g/mol. The maximum atomic E-state index is 13.6. The number of benzene rings is 1. The molecule has 1 aromatic heterocycles. The lowest BCUT2D eigenvalue weighted by Crippen LogP contribution is -2.19. The fourth-order valence-corrected chi connectivity index (χ4v) is 3.43. The molecule has 1 aromatic carbocycles. The fraction of sp³-hybridized carbons (Fsp3) is 0.353. The van der Waals surface area contributed by atoms with E-state index in [1.54, 1.807) is 17.4 Å². The van der Waals surface area contributed by atoms with E-state index < -0.39 is 0 Å². The summed E-state index contributed by atoms with van der Waals surface area (Å²) >= 11 is 1.72. The number of hydrogen-bond acceptors (Lipinski definition) is 4. The first-order chi connectivity index (χ1) is 11.1. The van der Waals surface area contributed by atoms with Gasteiger partial charge in [-0.15, -0.1) is 11.3 Å². The van der Waals surface area contributed by atoms with Crippen molar-refractivity contribution in [3.8, 4) is 0 Å². The summed E-state index contributed by atoms with van der Waals surface area (Å²) in [5, 5.41) is 7.77. The minimum absolute atomic E-state index is 0.259. The molecule has 1 aliphatic rings. The van der Waals surface area contributed by atoms with Crippen LogP contribution in [0.2, 0.25) is 0 Å². The molecule has 122 valence electrons. The van der Waals surface area contributed by atoms with E-state index in [1.165, 1.54) is 17.0 Å². The lowest BCUT2D eigenvalue weighted by atomic mass is 10.2. The first-order valence-corrected chi connectivity index (χ1v) is 8.54. The van der Waals surface area contributed by atoms with Crippen molar-refractivity contribution in [2.24, 2.45) is 4.99 Å². The Balaban J connectivity index is 2.01. The zero-order chi connectivity index (χ0) is 16.4. The summed E-state index contributed by atoms with van der Waals surface area (Å²) in [4.78, 5) is 8.11. The van der Waals surface area contributed by atoms with Crippen LogP contribution in [0.4, 0.5) is 20.8 Å². The molecule has 0 atom stereocenters. The van der Waals surface area contributed by atoms with Gasteiger partial charge in [0.05, 0.1) is 23.5 Å². The van der Waals surface area contributed by atoms with E-state index in [0.717, 1.165) is 40.7 Å². The van der Waals surface area contributed by atoms with E-state index in [9.17, 15) is 4.39 Å². The average molecular weight is 332 g/mol. The molecule has 2 N–H and O–H groups in total. The standard InChI is InChI=1S/C17H21FN4S/c1-4-12-10-13-16(19-7-8-22(2)3)20-15-9-11(18)5-6-14(15)21-17(13)23-12/h5-6,9-10,21H,4,7-8H2,1-3H3,(H,19,20). The highest BCUT2D eigenvalue weighted by Crippen LogP contribution is 2.37. The smallest absolute Gasteiger partial charge is 0.135 e. The molecule has 23 heavy (non-hydrogen) atoms. The van der Waals surface area contributed by atoms with Crippen molar-refractivity contribution in [1.82, 2.24) is 4.90 Å². The maximum absolute atomic E-state index is 13.6. The number of hydrogen-bond donors (Lipinski definition) is 2. The molecular formula is C17H21FN4S. The van der Waals surface area contributed by atoms with Gasteiger partial charge in [-0.1, -0.05) is 6.92 Å². The molecule has 2 aromatic rings. The third kappa shape index (κ3) is 3.54. The van der Waals surface area contributed by atoms with Gasteiger partial charge in [0.1, 0.15) is 16.7 Å². The van der Waals surface area contributed by atoms with Crippen LogP contribution in [-0.2, 0) is 6.42 Å². The van der Waals surface area contributed by atoms with E-state index in [0.29, 0.717) is 6.54 Å². The van der Waals surface area contributed by atoms with Crippen LogP contribution in [0, 0.1) is 5.82 Å². The van der Waals surface area contributed by atoms with Crippen LogP contribution < -0.4 is 10.6 Å². The van der Waals surface area contributed by atoms with Crippen LogP contribution in [0.1, 0.15) is 17.4 Å². The van der Waals surface area contributed by atoms with Crippen molar-refractivity contribution in [2.75, 3.05) is 37.8 Å². The molecule has 3 rings (SSSR count). The van der Waals surface area contributed by atoms with Crippen molar-refractivity contribution >= 4 is 33.5 Å². The Labute approximate surface area is 140 Å². The van der Waals surface area contributed by atoms with Crippen molar-refractivity contribution in [3.05, 3.63) is 40.5 Å². The number of nitrogens with zero attached hydrogens (tertiary/aromatic N) is 2. The highest BCUT2D eigenvalue weighted by atomic mass is 32.1. The number of amidine groups is 1. The predicted octanol–water partition coefficient (Wildman–Crippen LogP) is 3.93. The largest absolute Gasteiger partial charge is 0.345 e. The number of nitrogens with one attached hydrogen (secondary N) is 2. The van der Waals surface area contributed by atoms with E-state index in [2.05, 4.69) is 28.5 Å². The van der Waals surface area contributed by atoms with E-state index in [-0.39, 0.29) is 5.82 Å². The molecule has 6 heteroatoms. The third-order valence-electron chi connectivity index (χ3n) is 3.69. The molecule has 0 radical (unpaired) electrons. The van der Waals surface area contributed by atoms with Crippen molar-refractivity contribution < 1.29 is 4.39 Å². The Morgan fingerprint density at radius 2 is 2.00 bits per heavy atom. The van der Waals surface area contributed by atoms with Crippen LogP contribution in [-0.4, -0.2) is 37.9 Å². The van der Waals surface area contributed by atoms with Gasteiger partial charge in [0.15, 0.2) is 0 Å². The minimum atomic E-state index is -0.259. The number of fused-ring (bicyclic) bond motifs is 2. The minimum Gasteiger partial charge on any atom is -0.345 e. The summed E-state index contributed by atoms with van der Waals surface area (Å²) in [6.07, 6.45) is 0.987. The number of aryl methyl sites for hydroxylation is 1. The van der Waals surface area contributed by atoms with Crippen LogP contribution in [0.25, 0.3) is 0 Å². The molecule has 0 saturated carbocycles. The van der Waals surface area contributed by atoms with Gasteiger partial charge >= 0.3 is 0 Å². The molecule has 0 saturated heterocycles. The van der Waals surface area contributed by atoms with Gasteiger partial charge < -0.3 is 15.5 Å². The van der Waals surface area contributed by atoms with Gasteiger partial charge in [0.2, 0.25) is 0 Å². The number of aliphatic imine (C=N–C) groups is 1. The molecule has 0 spiro atoms. The highest BCUT2D eigenvalue weighted by Gasteiger charge is 2.20. The van der Waals surface area contributed by atoms with Crippen LogP contribution in [0.5, 0.6) is 0 Å². The van der Waals surface area contributed by atoms with Gasteiger partial charge in [0.25, 0.3) is 0 Å². The number of halogens is 1. The second-order valence-corrected chi connectivity index (χ2v) is 6.92. The van der Waals surface area contributed by atoms with Gasteiger partial charge in [-0.25, -0.2) is 4.39 Å².